The van der Waals surface area contributed by atoms with Gasteiger partial charge in [-0.2, -0.15) is 0 Å². The lowest BCUT2D eigenvalue weighted by atomic mass is 9.80. The zero-order chi connectivity index (χ0) is 12.4. The van der Waals surface area contributed by atoms with Gasteiger partial charge < -0.3 is 11.1 Å². The second kappa shape index (κ2) is 5.18. The number of nitrogens with two attached hydrogens (primary N) is 1. The van der Waals surface area contributed by atoms with E-state index in [0.717, 1.165) is 17.5 Å². The Morgan fingerprint density at radius 2 is 1.82 bits per heavy atom. The average molecular weight is 253 g/mol. The number of para-hydroxylation sites is 1. The van der Waals surface area contributed by atoms with Crippen molar-refractivity contribution in [2.24, 2.45) is 11.8 Å². The van der Waals surface area contributed by atoms with Crippen molar-refractivity contribution in [1.29, 1.82) is 0 Å². The van der Waals surface area contributed by atoms with Crippen LogP contribution in [0.5, 0.6) is 0 Å². The van der Waals surface area contributed by atoms with Crippen LogP contribution in [-0.4, -0.2) is 6.04 Å². The molecule has 2 atom stereocenters. The number of hydrogen-bond donors (Lipinski definition) is 2. The molecule has 0 heterocycles. The first kappa shape index (κ1) is 12.6. The number of rotatable bonds is 2. The Hall–Kier alpha value is -0.890. The molecule has 1 aromatic rings. The standard InChI is InChI=1S/C14H21ClN2/c1-9-6-10(2)8-11(7-9)17-13-5-3-4-12(15)14(13)16/h3-5,9-11,17H,6-8,16H2,1-2H3. The molecule has 3 N–H and O–H groups in total. The van der Waals surface area contributed by atoms with Gasteiger partial charge in [0.2, 0.25) is 0 Å². The number of nitrogens with one attached hydrogen (secondary N) is 1. The summed E-state index contributed by atoms with van der Waals surface area (Å²) >= 11 is 6.02. The highest BCUT2D eigenvalue weighted by Crippen LogP contribution is 2.33. The molecule has 3 heteroatoms. The fraction of sp³-hybridized carbons (Fsp3) is 0.571. The minimum Gasteiger partial charge on any atom is -0.396 e. The monoisotopic (exact) mass is 252 g/mol. The first-order valence-electron chi connectivity index (χ1n) is 6.36. The van der Waals surface area contributed by atoms with Crippen molar-refractivity contribution < 1.29 is 0 Å². The topological polar surface area (TPSA) is 38.0 Å². The molecule has 1 aliphatic rings. The van der Waals surface area contributed by atoms with Gasteiger partial charge in [-0.05, 0) is 43.2 Å². The summed E-state index contributed by atoms with van der Waals surface area (Å²) in [6, 6.07) is 6.30. The largest absolute Gasteiger partial charge is 0.396 e. The van der Waals surface area contributed by atoms with Crippen molar-refractivity contribution >= 4 is 23.0 Å². The third-order valence-electron chi connectivity index (χ3n) is 3.59. The molecule has 0 aliphatic heterocycles. The summed E-state index contributed by atoms with van der Waals surface area (Å²) in [4.78, 5) is 0. The lowest BCUT2D eigenvalue weighted by Crippen LogP contribution is -2.30. The van der Waals surface area contributed by atoms with Gasteiger partial charge >= 0.3 is 0 Å². The van der Waals surface area contributed by atoms with E-state index >= 15 is 0 Å². The van der Waals surface area contributed by atoms with E-state index in [-0.39, 0.29) is 0 Å². The summed E-state index contributed by atoms with van der Waals surface area (Å²) in [5, 5.41) is 4.17. The Balaban J connectivity index is 2.07. The number of halogens is 1. The van der Waals surface area contributed by atoms with Gasteiger partial charge in [-0.15, -0.1) is 0 Å². The number of hydrogen-bond acceptors (Lipinski definition) is 2. The molecule has 1 aliphatic carbocycles. The van der Waals surface area contributed by atoms with E-state index in [2.05, 4.69) is 19.2 Å². The maximum atomic E-state index is 6.02. The molecule has 0 amide bonds. The van der Waals surface area contributed by atoms with Gasteiger partial charge in [0.15, 0.2) is 0 Å². The van der Waals surface area contributed by atoms with Crippen LogP contribution in [0.4, 0.5) is 11.4 Å². The summed E-state index contributed by atoms with van der Waals surface area (Å²) < 4.78 is 0. The van der Waals surface area contributed by atoms with Gasteiger partial charge in [-0.3, -0.25) is 0 Å². The van der Waals surface area contributed by atoms with E-state index < -0.39 is 0 Å². The van der Waals surface area contributed by atoms with Crippen molar-refractivity contribution in [1.82, 2.24) is 0 Å². The van der Waals surface area contributed by atoms with Gasteiger partial charge in [0.1, 0.15) is 0 Å². The SMILES string of the molecule is CC1CC(C)CC(Nc2cccc(Cl)c2N)C1. The predicted octanol–water partition coefficient (Wildman–Crippen LogP) is 4.16. The second-order valence-corrected chi connectivity index (χ2v) is 5.87. The molecule has 1 fully saturated rings. The predicted molar refractivity (Wildman–Crippen MR) is 75.5 cm³/mol. The van der Waals surface area contributed by atoms with Crippen molar-refractivity contribution in [3.63, 3.8) is 0 Å². The molecule has 0 spiro atoms. The number of nitrogen functional groups attached to an aromatic ring is 1. The molecule has 0 saturated heterocycles. The van der Waals surface area contributed by atoms with Crippen LogP contribution < -0.4 is 11.1 Å². The van der Waals surface area contributed by atoms with Gasteiger partial charge in [0, 0.05) is 6.04 Å². The van der Waals surface area contributed by atoms with Crippen molar-refractivity contribution in [2.45, 2.75) is 39.2 Å². The fourth-order valence-corrected chi connectivity index (χ4v) is 3.12. The Kier molecular flexibility index (Phi) is 3.82. The summed E-state index contributed by atoms with van der Waals surface area (Å²) in [5.41, 5.74) is 7.62. The van der Waals surface area contributed by atoms with Crippen LogP contribution in [0.3, 0.4) is 0 Å². The van der Waals surface area contributed by atoms with Crippen molar-refractivity contribution in [3.05, 3.63) is 23.2 Å². The first-order chi connectivity index (χ1) is 8.06. The molecule has 2 rings (SSSR count). The lowest BCUT2D eigenvalue weighted by Gasteiger charge is -2.33. The minimum absolute atomic E-state index is 0.523. The van der Waals surface area contributed by atoms with Crippen LogP contribution in [0.25, 0.3) is 0 Å². The molecule has 1 aromatic carbocycles. The van der Waals surface area contributed by atoms with Crippen molar-refractivity contribution in [3.8, 4) is 0 Å². The molecular formula is C14H21ClN2. The van der Waals surface area contributed by atoms with Crippen LogP contribution in [0.15, 0.2) is 18.2 Å². The van der Waals surface area contributed by atoms with Crippen LogP contribution in [0.2, 0.25) is 5.02 Å². The number of anilines is 2. The van der Waals surface area contributed by atoms with Gasteiger partial charge in [-0.1, -0.05) is 31.5 Å². The number of benzene rings is 1. The van der Waals surface area contributed by atoms with Crippen LogP contribution >= 0.6 is 11.6 Å². The average Bonchev–Trinajstić information content (AvgIpc) is 2.23. The summed E-state index contributed by atoms with van der Waals surface area (Å²) in [5.74, 6) is 1.58. The van der Waals surface area contributed by atoms with Crippen LogP contribution in [-0.2, 0) is 0 Å². The molecule has 0 radical (unpaired) electrons. The summed E-state index contributed by atoms with van der Waals surface area (Å²) in [6.45, 7) is 4.65. The zero-order valence-electron chi connectivity index (χ0n) is 10.5. The molecule has 1 saturated carbocycles. The third-order valence-corrected chi connectivity index (χ3v) is 3.92. The van der Waals surface area contributed by atoms with Crippen molar-refractivity contribution in [2.75, 3.05) is 11.1 Å². The van der Waals surface area contributed by atoms with Gasteiger partial charge in [0.25, 0.3) is 0 Å². The maximum Gasteiger partial charge on any atom is 0.0739 e. The van der Waals surface area contributed by atoms with Crippen LogP contribution in [0, 0.1) is 11.8 Å². The van der Waals surface area contributed by atoms with E-state index in [4.69, 9.17) is 17.3 Å². The maximum absolute atomic E-state index is 6.02. The Morgan fingerprint density at radius 3 is 2.47 bits per heavy atom. The normalized spacial score (nSPS) is 29.0. The van der Waals surface area contributed by atoms with E-state index in [9.17, 15) is 0 Å². The molecule has 0 aromatic heterocycles. The fourth-order valence-electron chi connectivity index (χ4n) is 2.95. The molecule has 0 bridgehead atoms. The quantitative estimate of drug-likeness (QED) is 0.776. The van der Waals surface area contributed by atoms with E-state index in [1.165, 1.54) is 19.3 Å². The second-order valence-electron chi connectivity index (χ2n) is 5.46. The van der Waals surface area contributed by atoms with E-state index in [1.54, 1.807) is 0 Å². The Morgan fingerprint density at radius 1 is 1.18 bits per heavy atom. The molecular weight excluding hydrogens is 232 g/mol. The highest BCUT2D eigenvalue weighted by molar-refractivity contribution is 6.33. The van der Waals surface area contributed by atoms with E-state index in [1.807, 2.05) is 18.2 Å². The van der Waals surface area contributed by atoms with Crippen LogP contribution in [0.1, 0.15) is 33.1 Å². The molecule has 94 valence electrons. The zero-order valence-corrected chi connectivity index (χ0v) is 11.3. The minimum atomic E-state index is 0.523. The third kappa shape index (κ3) is 3.06. The van der Waals surface area contributed by atoms with Gasteiger partial charge in [-0.25, -0.2) is 0 Å². The van der Waals surface area contributed by atoms with Gasteiger partial charge in [0.05, 0.1) is 16.4 Å². The highest BCUT2D eigenvalue weighted by Gasteiger charge is 2.24. The highest BCUT2D eigenvalue weighted by atomic mass is 35.5. The molecule has 17 heavy (non-hydrogen) atoms. The Bertz CT molecular complexity index is 382. The first-order valence-corrected chi connectivity index (χ1v) is 6.74. The molecule has 2 nitrogen and oxygen atoms in total. The Labute approximate surface area is 109 Å². The smallest absolute Gasteiger partial charge is 0.0739 e. The summed E-state index contributed by atoms with van der Waals surface area (Å²) in [7, 11) is 0. The summed E-state index contributed by atoms with van der Waals surface area (Å²) in [6.07, 6.45) is 3.77. The lowest BCUT2D eigenvalue weighted by molar-refractivity contribution is 0.281. The van der Waals surface area contributed by atoms with E-state index in [0.29, 0.717) is 16.8 Å². The molecule has 2 unspecified atom stereocenters.